The molecule has 6 atom stereocenters. The molecule has 4 rings (SSSR count). The number of hydrogen-bond acceptors (Lipinski definition) is 12. The van der Waals surface area contributed by atoms with Gasteiger partial charge in [-0.1, -0.05) is 75.2 Å². The number of nitrogens with zero attached hydrogens (tertiary/aromatic N) is 3. The van der Waals surface area contributed by atoms with Crippen LogP contribution in [0, 0.1) is 5.92 Å². The van der Waals surface area contributed by atoms with Gasteiger partial charge in [-0.05, 0) is 61.9 Å². The van der Waals surface area contributed by atoms with Gasteiger partial charge in [-0.3, -0.25) is 14.3 Å². The highest BCUT2D eigenvalue weighted by Gasteiger charge is 2.54. The third kappa shape index (κ3) is 12.0. The van der Waals surface area contributed by atoms with Crippen molar-refractivity contribution in [3.8, 4) is 5.75 Å². The van der Waals surface area contributed by atoms with Crippen LogP contribution in [0.15, 0.2) is 82.9 Å². The van der Waals surface area contributed by atoms with Gasteiger partial charge in [0, 0.05) is 20.3 Å². The molecule has 16 nitrogen and oxygen atoms in total. The lowest BCUT2D eigenvalue weighted by molar-refractivity contribution is -0.147. The number of para-hydroxylation sites is 1. The predicted molar refractivity (Wildman–Crippen MR) is 211 cm³/mol. The molecule has 1 aliphatic rings. The fourth-order valence-electron chi connectivity index (χ4n) is 6.05. The number of aromatic nitrogens is 1. The van der Waals surface area contributed by atoms with Crippen LogP contribution in [-0.4, -0.2) is 90.2 Å². The zero-order valence-electron chi connectivity index (χ0n) is 32.4. The lowest BCUT2D eigenvalue weighted by Gasteiger charge is -2.31. The minimum atomic E-state index is -4.46. The molecule has 0 bridgehead atoms. The van der Waals surface area contributed by atoms with Crippen molar-refractivity contribution in [3.63, 3.8) is 0 Å². The van der Waals surface area contributed by atoms with Crippen molar-refractivity contribution < 1.29 is 47.6 Å². The number of unbranched alkanes of at least 4 members (excludes halogenated alkanes) is 1. The van der Waals surface area contributed by atoms with E-state index in [0.717, 1.165) is 18.4 Å². The van der Waals surface area contributed by atoms with Crippen LogP contribution in [0.4, 0.5) is 4.79 Å². The fraction of sp³-hybridized carbons (Fsp3) is 0.487. The predicted octanol–water partition coefficient (Wildman–Crippen LogP) is 5.08. The van der Waals surface area contributed by atoms with Gasteiger partial charge in [0.25, 0.3) is 0 Å². The standard InChI is InChI=1S/C39H55N6O10P/c1-6-27(7-2)24-51-37(48)30(20-14-15-23-43-38(49)52-25-28-16-10-8-11-17-28)44-56(50,55-29-18-12-9-13-19-29)53-26-39(3)35(47)33(46)34(54-39)31-21-22-32(36(40)41-4)45(31)42-5/h8-13,16-19,21-22,27,30,33-35,46-47H,5-7,14-15,20,23-26H2,1-4H3,(H2,40,41)(H,43,49)(H,44,50)/t30-,33-,34-,35-,39+,56?/m0/s1. The number of aliphatic hydroxyl groups excluding tert-OH is 2. The summed E-state index contributed by atoms with van der Waals surface area (Å²) < 4.78 is 45.1. The molecule has 56 heavy (non-hydrogen) atoms. The number of esters is 1. The van der Waals surface area contributed by atoms with E-state index in [4.69, 9.17) is 29.0 Å². The smallest absolute Gasteiger partial charge is 0.459 e. The van der Waals surface area contributed by atoms with Crippen molar-refractivity contribution in [2.75, 3.05) is 26.8 Å². The van der Waals surface area contributed by atoms with Crippen molar-refractivity contribution in [1.29, 1.82) is 0 Å². The van der Waals surface area contributed by atoms with Crippen LogP contribution >= 0.6 is 7.75 Å². The Morgan fingerprint density at radius 2 is 1.71 bits per heavy atom. The van der Waals surface area contributed by atoms with Gasteiger partial charge in [-0.25, -0.2) is 14.0 Å². The molecule has 3 aromatic rings. The first kappa shape index (κ1) is 44.1. The quantitative estimate of drug-likeness (QED) is 0.0296. The van der Waals surface area contributed by atoms with E-state index in [1.165, 1.54) is 18.6 Å². The molecule has 0 saturated carbocycles. The number of amides is 1. The monoisotopic (exact) mass is 798 g/mol. The number of carbonyl (C=O) groups excluding carboxylic acids is 2. The zero-order valence-corrected chi connectivity index (χ0v) is 33.3. The Kier molecular flexibility index (Phi) is 16.6. The number of nitrogens with two attached hydrogens (primary N) is 1. The molecular weight excluding hydrogens is 743 g/mol. The number of aliphatic hydroxyl groups is 2. The number of alkyl carbamates (subject to hydrolysis) is 1. The molecule has 17 heteroatoms. The number of ether oxygens (including phenoxy) is 3. The van der Waals surface area contributed by atoms with E-state index >= 15 is 0 Å². The zero-order chi connectivity index (χ0) is 40.7. The maximum atomic E-state index is 14.7. The molecule has 1 amide bonds. The highest BCUT2D eigenvalue weighted by Crippen LogP contribution is 2.49. The summed E-state index contributed by atoms with van der Waals surface area (Å²) in [6.07, 6.45) is -2.09. The molecule has 1 saturated heterocycles. The molecule has 2 aromatic carbocycles. The summed E-state index contributed by atoms with van der Waals surface area (Å²) in [5.74, 6) is -0.179. The summed E-state index contributed by atoms with van der Waals surface area (Å²) in [6, 6.07) is 19.6. The molecule has 6 N–H and O–H groups in total. The molecule has 306 valence electrons. The molecule has 1 aliphatic heterocycles. The lowest BCUT2D eigenvalue weighted by Crippen LogP contribution is -2.45. The Bertz CT molecular complexity index is 1790. The van der Waals surface area contributed by atoms with E-state index in [1.54, 1.807) is 42.5 Å². The Morgan fingerprint density at radius 3 is 2.36 bits per heavy atom. The van der Waals surface area contributed by atoms with Crippen LogP contribution in [0.2, 0.25) is 0 Å². The maximum Gasteiger partial charge on any atom is 0.459 e. The Morgan fingerprint density at radius 1 is 1.04 bits per heavy atom. The van der Waals surface area contributed by atoms with Crippen LogP contribution in [0.5, 0.6) is 5.75 Å². The van der Waals surface area contributed by atoms with Gasteiger partial charge < -0.3 is 40.0 Å². The van der Waals surface area contributed by atoms with Crippen LogP contribution < -0.4 is 20.7 Å². The average molecular weight is 799 g/mol. The molecule has 0 spiro atoms. The van der Waals surface area contributed by atoms with Crippen molar-refractivity contribution >= 4 is 32.4 Å². The first-order valence-electron chi connectivity index (χ1n) is 18.7. The number of nitrogens with one attached hydrogen (secondary N) is 2. The maximum absolute atomic E-state index is 14.7. The van der Waals surface area contributed by atoms with Gasteiger partial charge >= 0.3 is 19.8 Å². The van der Waals surface area contributed by atoms with E-state index in [1.807, 2.05) is 44.2 Å². The molecule has 2 heterocycles. The summed E-state index contributed by atoms with van der Waals surface area (Å²) >= 11 is 0. The Labute approximate surface area is 328 Å². The van der Waals surface area contributed by atoms with Crippen molar-refractivity contribution in [1.82, 2.24) is 15.1 Å². The van der Waals surface area contributed by atoms with E-state index in [-0.39, 0.29) is 43.7 Å². The summed E-state index contributed by atoms with van der Waals surface area (Å²) in [6.45, 7) is 9.10. The Hall–Kier alpha value is -4.57. The van der Waals surface area contributed by atoms with E-state index in [0.29, 0.717) is 24.2 Å². The van der Waals surface area contributed by atoms with Crippen LogP contribution in [-0.2, 0) is 34.7 Å². The second-order valence-corrected chi connectivity index (χ2v) is 15.3. The topological polar surface area (TPSA) is 218 Å². The van der Waals surface area contributed by atoms with Crippen molar-refractivity contribution in [2.24, 2.45) is 21.7 Å². The highest BCUT2D eigenvalue weighted by atomic mass is 31.2. The van der Waals surface area contributed by atoms with Crippen molar-refractivity contribution in [3.05, 3.63) is 89.7 Å². The van der Waals surface area contributed by atoms with Crippen LogP contribution in [0.1, 0.15) is 75.9 Å². The summed E-state index contributed by atoms with van der Waals surface area (Å²) in [5, 5.41) is 31.9. The van der Waals surface area contributed by atoms with E-state index in [2.05, 4.69) is 27.2 Å². The number of hydrogen-bond donors (Lipinski definition) is 5. The first-order chi connectivity index (χ1) is 26.9. The largest absolute Gasteiger partial charge is 0.464 e. The number of rotatable bonds is 22. The summed E-state index contributed by atoms with van der Waals surface area (Å²) in [7, 11) is -2.95. The van der Waals surface area contributed by atoms with Gasteiger partial charge in [0.2, 0.25) is 0 Å². The number of benzene rings is 2. The van der Waals surface area contributed by atoms with Gasteiger partial charge in [0.1, 0.15) is 53.8 Å². The second-order valence-electron chi connectivity index (χ2n) is 13.6. The second kappa shape index (κ2) is 21.1. The molecule has 1 fully saturated rings. The molecule has 1 unspecified atom stereocenters. The van der Waals surface area contributed by atoms with Gasteiger partial charge in [-0.15, -0.1) is 0 Å². The molecular formula is C39H55N6O10P. The lowest BCUT2D eigenvalue weighted by atomic mass is 9.97. The number of aliphatic imine (C=N–C) groups is 1. The van der Waals surface area contributed by atoms with Gasteiger partial charge in [0.15, 0.2) is 0 Å². The van der Waals surface area contributed by atoms with Gasteiger partial charge in [-0.2, -0.15) is 10.2 Å². The normalized spacial score (nSPS) is 21.3. The fourth-order valence-corrected chi connectivity index (χ4v) is 7.67. The van der Waals surface area contributed by atoms with E-state index in [9.17, 15) is 24.4 Å². The summed E-state index contributed by atoms with van der Waals surface area (Å²) in [4.78, 5) is 29.9. The highest BCUT2D eigenvalue weighted by molar-refractivity contribution is 7.52. The SMILES string of the molecule is C=Nn1c(/C(N)=N\C)ccc1[C@@H]1O[C@](C)(COP(=O)(N[C@@H](CCCCNC(=O)OCc2ccccc2)C(=O)OCC(CC)CC)Oc2ccccc2)[C@@H](O)[C@H]1O. The van der Waals surface area contributed by atoms with E-state index < -0.39 is 56.4 Å². The summed E-state index contributed by atoms with van der Waals surface area (Å²) in [5.41, 5.74) is 5.97. The Balaban J connectivity index is 1.49. The third-order valence-electron chi connectivity index (χ3n) is 9.58. The van der Waals surface area contributed by atoms with Gasteiger partial charge in [0.05, 0.1) is 18.9 Å². The minimum Gasteiger partial charge on any atom is -0.464 e. The van der Waals surface area contributed by atoms with Crippen LogP contribution in [0.3, 0.4) is 0 Å². The average Bonchev–Trinajstić information content (AvgIpc) is 3.74. The van der Waals surface area contributed by atoms with Crippen LogP contribution in [0.25, 0.3) is 0 Å². The van der Waals surface area contributed by atoms with Crippen molar-refractivity contribution in [2.45, 2.75) is 89.4 Å². The molecule has 1 aromatic heterocycles. The number of amidine groups is 1. The minimum absolute atomic E-state index is 0.127. The molecule has 0 aliphatic carbocycles. The third-order valence-corrected chi connectivity index (χ3v) is 11.1. The first-order valence-corrected chi connectivity index (χ1v) is 20.2. The molecule has 0 radical (unpaired) electrons. The number of carbonyl (C=O) groups is 2.